The number of hydrogen-bond donors (Lipinski definition) is 2. The highest BCUT2D eigenvalue weighted by Crippen LogP contribution is 1.88. The molecule has 0 aliphatic heterocycles. The van der Waals surface area contributed by atoms with Gasteiger partial charge in [-0.3, -0.25) is 9.11 Å². The molecule has 0 spiro atoms. The van der Waals surface area contributed by atoms with Gasteiger partial charge in [0, 0.05) is 0 Å². The molecule has 0 atom stereocenters. The van der Waals surface area contributed by atoms with Crippen molar-refractivity contribution < 1.29 is 25.9 Å². The minimum absolute atomic E-state index is 0.279. The summed E-state index contributed by atoms with van der Waals surface area (Å²) >= 11 is 0. The molecule has 0 radical (unpaired) electrons. The van der Waals surface area contributed by atoms with Crippen LogP contribution in [0.3, 0.4) is 0 Å². The van der Waals surface area contributed by atoms with E-state index in [2.05, 4.69) is 0 Å². The zero-order valence-electron chi connectivity index (χ0n) is 5.21. The molecule has 0 amide bonds. The molecule has 0 aromatic carbocycles. The van der Waals surface area contributed by atoms with Crippen LogP contribution in [-0.4, -0.2) is 31.7 Å². The van der Waals surface area contributed by atoms with Gasteiger partial charge in [-0.15, -0.1) is 0 Å². The summed E-state index contributed by atoms with van der Waals surface area (Å²) in [5, 5.41) is 0.279. The van der Waals surface area contributed by atoms with E-state index < -0.39 is 26.0 Å². The predicted molar refractivity (Wildman–Crippen MR) is 37.1 cm³/mol. The van der Waals surface area contributed by atoms with Gasteiger partial charge < -0.3 is 0 Å². The molecular weight excluding hydrogens is 196 g/mol. The summed E-state index contributed by atoms with van der Waals surface area (Å²) in [6, 6.07) is 0. The first kappa shape index (κ1) is 10.6. The lowest BCUT2D eigenvalue weighted by Crippen LogP contribution is -2.01. The minimum Gasteiger partial charge on any atom is -0.285 e. The Kier molecular flexibility index (Phi) is 3.17. The summed E-state index contributed by atoms with van der Waals surface area (Å²) in [5.41, 5.74) is 0. The highest BCUT2D eigenvalue weighted by molar-refractivity contribution is 7.89. The summed E-state index contributed by atoms with van der Waals surface area (Å²) in [7, 11) is -8.51. The predicted octanol–water partition coefficient (Wildman–Crippen LogP) is -0.724. The van der Waals surface area contributed by atoms with E-state index >= 15 is 0 Å². The van der Waals surface area contributed by atoms with E-state index in [1.807, 2.05) is 0 Å². The van der Waals surface area contributed by atoms with Crippen molar-refractivity contribution in [1.82, 2.24) is 0 Å². The van der Waals surface area contributed by atoms with Crippen molar-refractivity contribution in [2.75, 3.05) is 5.75 Å². The maximum atomic E-state index is 9.94. The van der Waals surface area contributed by atoms with E-state index in [9.17, 15) is 16.8 Å². The molecule has 2 N–H and O–H groups in total. The molecule has 0 aromatic heterocycles. The first-order valence-electron chi connectivity index (χ1n) is 2.30. The lowest BCUT2D eigenvalue weighted by molar-refractivity contribution is 0.487. The lowest BCUT2D eigenvalue weighted by Gasteiger charge is -1.86. The van der Waals surface area contributed by atoms with Gasteiger partial charge in [0.1, 0.15) is 0 Å². The molecule has 0 unspecified atom stereocenters. The van der Waals surface area contributed by atoms with Crippen molar-refractivity contribution in [2.24, 2.45) is 0 Å². The molecule has 66 valence electrons. The molecule has 0 rings (SSSR count). The van der Waals surface area contributed by atoms with Crippen molar-refractivity contribution in [3.8, 4) is 0 Å². The molecule has 0 aliphatic carbocycles. The number of hydrogen-bond acceptors (Lipinski definition) is 4. The van der Waals surface area contributed by atoms with Crippen LogP contribution < -0.4 is 0 Å². The Balaban J connectivity index is 4.23. The van der Waals surface area contributed by atoms with Crippen molar-refractivity contribution in [1.29, 1.82) is 0 Å². The van der Waals surface area contributed by atoms with Gasteiger partial charge in [-0.2, -0.15) is 16.8 Å². The standard InChI is InChI=1S/C3H6O6S2/c4-10(5,6)2-1-3-11(7,8)9/h1-2H,3H2,(H,4,5,6)(H,7,8,9)/b2-1+. The quantitative estimate of drug-likeness (QED) is 0.584. The van der Waals surface area contributed by atoms with Crippen LogP contribution in [0.4, 0.5) is 0 Å². The van der Waals surface area contributed by atoms with Crippen LogP contribution in [0.1, 0.15) is 0 Å². The third-order valence-electron chi connectivity index (χ3n) is 0.575. The average Bonchev–Trinajstić information content (AvgIpc) is 1.55. The summed E-state index contributed by atoms with van der Waals surface area (Å²) in [5.74, 6) is -0.840. The van der Waals surface area contributed by atoms with Gasteiger partial charge in [-0.05, 0) is 0 Å². The molecule has 0 aliphatic rings. The Morgan fingerprint density at radius 1 is 1.09 bits per heavy atom. The molecule has 0 saturated heterocycles. The Labute approximate surface area is 64.0 Å². The molecule has 0 aromatic rings. The molecule has 11 heavy (non-hydrogen) atoms. The third-order valence-corrected chi connectivity index (χ3v) is 1.73. The Morgan fingerprint density at radius 3 is 1.82 bits per heavy atom. The minimum atomic E-state index is -4.30. The van der Waals surface area contributed by atoms with Crippen LogP contribution in [0, 0.1) is 0 Å². The van der Waals surface area contributed by atoms with Gasteiger partial charge in [0.2, 0.25) is 0 Å². The van der Waals surface area contributed by atoms with E-state index in [0.29, 0.717) is 6.08 Å². The molecule has 6 nitrogen and oxygen atoms in total. The van der Waals surface area contributed by atoms with Crippen molar-refractivity contribution in [3.05, 3.63) is 11.5 Å². The smallest absolute Gasteiger partial charge is 0.285 e. The summed E-state index contributed by atoms with van der Waals surface area (Å²) < 4.78 is 55.8. The summed E-state index contributed by atoms with van der Waals surface area (Å²) in [6.07, 6.45) is 0.616. The van der Waals surface area contributed by atoms with Crippen molar-refractivity contribution >= 4 is 20.2 Å². The van der Waals surface area contributed by atoms with Crippen LogP contribution >= 0.6 is 0 Å². The van der Waals surface area contributed by atoms with Crippen LogP contribution in [-0.2, 0) is 20.2 Å². The van der Waals surface area contributed by atoms with Gasteiger partial charge in [0.05, 0.1) is 11.2 Å². The highest BCUT2D eigenvalue weighted by Gasteiger charge is 2.01. The second kappa shape index (κ2) is 3.30. The van der Waals surface area contributed by atoms with Crippen molar-refractivity contribution in [3.63, 3.8) is 0 Å². The van der Waals surface area contributed by atoms with Gasteiger partial charge in [0.15, 0.2) is 0 Å². The van der Waals surface area contributed by atoms with Gasteiger partial charge >= 0.3 is 0 Å². The van der Waals surface area contributed by atoms with Gasteiger partial charge in [-0.25, -0.2) is 0 Å². The van der Waals surface area contributed by atoms with Crippen molar-refractivity contribution in [2.45, 2.75) is 0 Å². The zero-order valence-corrected chi connectivity index (χ0v) is 6.84. The molecule has 0 saturated carbocycles. The van der Waals surface area contributed by atoms with Crippen LogP contribution in [0.2, 0.25) is 0 Å². The monoisotopic (exact) mass is 202 g/mol. The van der Waals surface area contributed by atoms with E-state index in [4.69, 9.17) is 9.11 Å². The maximum absolute atomic E-state index is 9.94. The first-order chi connectivity index (χ1) is 4.71. The van der Waals surface area contributed by atoms with Gasteiger partial charge in [-0.1, -0.05) is 6.08 Å². The topological polar surface area (TPSA) is 109 Å². The van der Waals surface area contributed by atoms with E-state index in [1.54, 1.807) is 0 Å². The molecule has 0 bridgehead atoms. The van der Waals surface area contributed by atoms with E-state index in [-0.39, 0.29) is 5.41 Å². The Bertz CT molecular complexity index is 332. The summed E-state index contributed by atoms with van der Waals surface area (Å²) in [6.45, 7) is 0. The molecular formula is C3H6O6S2. The Morgan fingerprint density at radius 2 is 1.55 bits per heavy atom. The molecule has 8 heteroatoms. The molecule has 0 heterocycles. The van der Waals surface area contributed by atoms with Crippen LogP contribution in [0.25, 0.3) is 0 Å². The van der Waals surface area contributed by atoms with Crippen LogP contribution in [0.5, 0.6) is 0 Å². The Hall–Kier alpha value is -0.440. The lowest BCUT2D eigenvalue weighted by atomic mass is 10.8. The van der Waals surface area contributed by atoms with E-state index in [0.717, 1.165) is 0 Å². The highest BCUT2D eigenvalue weighted by atomic mass is 32.2. The second-order valence-electron chi connectivity index (χ2n) is 1.64. The average molecular weight is 202 g/mol. The largest absolute Gasteiger partial charge is 0.287 e. The molecule has 0 fully saturated rings. The van der Waals surface area contributed by atoms with Crippen LogP contribution in [0.15, 0.2) is 11.5 Å². The third kappa shape index (κ3) is 9.56. The number of rotatable bonds is 3. The normalized spacial score (nSPS) is 14.0. The fraction of sp³-hybridized carbons (Fsp3) is 0.333. The fourth-order valence-electron chi connectivity index (χ4n) is 0.282. The van der Waals surface area contributed by atoms with Gasteiger partial charge in [0.25, 0.3) is 20.2 Å². The SMILES string of the molecule is O=S(=O)(O)/C=C/CS(=O)(=O)O. The second-order valence-corrected chi connectivity index (χ2v) is 4.43. The first-order valence-corrected chi connectivity index (χ1v) is 5.41. The zero-order chi connectivity index (χ0) is 9.12. The maximum Gasteiger partial charge on any atom is 0.287 e. The van der Waals surface area contributed by atoms with E-state index in [1.165, 1.54) is 0 Å². The fourth-order valence-corrected chi connectivity index (χ4v) is 1.08. The summed E-state index contributed by atoms with van der Waals surface area (Å²) in [4.78, 5) is 0.